The molecule has 5 nitrogen and oxygen atoms in total. The van der Waals surface area contributed by atoms with E-state index in [0.717, 1.165) is 12.8 Å². The number of carbonyl (C=O) groups is 2. The Bertz CT molecular complexity index is 370. The van der Waals surface area contributed by atoms with Crippen LogP contribution in [0, 0.1) is 5.92 Å². The van der Waals surface area contributed by atoms with Crippen molar-refractivity contribution in [3.05, 3.63) is 12.2 Å². The summed E-state index contributed by atoms with van der Waals surface area (Å²) in [7, 11) is 0. The van der Waals surface area contributed by atoms with Crippen LogP contribution in [0.1, 0.15) is 46.5 Å². The van der Waals surface area contributed by atoms with Crippen molar-refractivity contribution in [3.8, 4) is 0 Å². The topological polar surface area (TPSA) is 64.6 Å². The van der Waals surface area contributed by atoms with Crippen molar-refractivity contribution in [1.29, 1.82) is 0 Å². The van der Waals surface area contributed by atoms with E-state index < -0.39 is 17.6 Å². The molecule has 0 atom stereocenters. The quantitative estimate of drug-likeness (QED) is 0.622. The predicted octanol–water partition coefficient (Wildman–Crippen LogP) is 2.80. The van der Waals surface area contributed by atoms with E-state index >= 15 is 0 Å². The number of hydrogen-bond donors (Lipinski definition) is 1. The zero-order valence-electron chi connectivity index (χ0n) is 12.7. The van der Waals surface area contributed by atoms with Gasteiger partial charge in [0.2, 0.25) is 0 Å². The van der Waals surface area contributed by atoms with Crippen LogP contribution in [0.5, 0.6) is 0 Å². The largest absolute Gasteiger partial charge is 0.463 e. The molecule has 5 heteroatoms. The normalized spacial score (nSPS) is 25.6. The van der Waals surface area contributed by atoms with Gasteiger partial charge in [0.25, 0.3) is 0 Å². The number of alkyl carbamates (subject to hydrolysis) is 1. The molecule has 1 rings (SSSR count). The van der Waals surface area contributed by atoms with Crippen molar-refractivity contribution in [3.63, 3.8) is 0 Å². The van der Waals surface area contributed by atoms with Crippen molar-refractivity contribution >= 4 is 12.1 Å². The Kier molecular flexibility index (Phi) is 6.05. The third kappa shape index (κ3) is 3.99. The van der Waals surface area contributed by atoms with Crippen molar-refractivity contribution in [2.45, 2.75) is 52.0 Å². The number of ether oxygens (including phenoxy) is 2. The second kappa shape index (κ2) is 7.31. The van der Waals surface area contributed by atoms with Gasteiger partial charge in [-0.1, -0.05) is 13.5 Å². The molecule has 0 unspecified atom stereocenters. The highest BCUT2D eigenvalue weighted by Gasteiger charge is 2.41. The van der Waals surface area contributed by atoms with Crippen LogP contribution < -0.4 is 5.32 Å². The minimum atomic E-state index is -0.731. The second-order valence-corrected chi connectivity index (χ2v) is 5.31. The molecule has 0 aromatic heterocycles. The Morgan fingerprint density at radius 1 is 1.20 bits per heavy atom. The van der Waals surface area contributed by atoms with Crippen molar-refractivity contribution < 1.29 is 19.1 Å². The fourth-order valence-corrected chi connectivity index (χ4v) is 2.53. The molecule has 1 fully saturated rings. The molecule has 0 aliphatic heterocycles. The zero-order valence-corrected chi connectivity index (χ0v) is 12.7. The van der Waals surface area contributed by atoms with Crippen LogP contribution in [0.2, 0.25) is 0 Å². The third-order valence-corrected chi connectivity index (χ3v) is 3.84. The van der Waals surface area contributed by atoms with Crippen LogP contribution in [-0.2, 0) is 14.3 Å². The van der Waals surface area contributed by atoms with Gasteiger partial charge in [-0.2, -0.15) is 0 Å². The predicted molar refractivity (Wildman–Crippen MR) is 76.3 cm³/mol. The Hall–Kier alpha value is -1.52. The number of rotatable bonds is 5. The Labute approximate surface area is 120 Å². The maximum atomic E-state index is 12.0. The minimum absolute atomic E-state index is 0.295. The monoisotopic (exact) mass is 283 g/mol. The first-order valence-electron chi connectivity index (χ1n) is 7.26. The van der Waals surface area contributed by atoms with Gasteiger partial charge < -0.3 is 14.8 Å². The van der Waals surface area contributed by atoms with Crippen LogP contribution in [0.4, 0.5) is 4.79 Å². The molecule has 1 saturated carbocycles. The van der Waals surface area contributed by atoms with Gasteiger partial charge in [-0.3, -0.25) is 0 Å². The summed E-state index contributed by atoms with van der Waals surface area (Å²) in [6.45, 7) is 10.1. The molecule has 114 valence electrons. The van der Waals surface area contributed by atoms with E-state index in [1.807, 2.05) is 0 Å². The minimum Gasteiger partial charge on any atom is -0.463 e. The van der Waals surface area contributed by atoms with E-state index in [4.69, 9.17) is 9.47 Å². The maximum Gasteiger partial charge on any atom is 0.407 e. The molecule has 20 heavy (non-hydrogen) atoms. The van der Waals surface area contributed by atoms with E-state index in [2.05, 4.69) is 18.8 Å². The summed E-state index contributed by atoms with van der Waals surface area (Å²) >= 11 is 0. The van der Waals surface area contributed by atoms with Gasteiger partial charge in [-0.05, 0) is 45.4 Å². The summed E-state index contributed by atoms with van der Waals surface area (Å²) in [5.74, 6) is 0.140. The summed E-state index contributed by atoms with van der Waals surface area (Å²) in [4.78, 5) is 23.7. The molecule has 1 aliphatic carbocycles. The fourth-order valence-electron chi connectivity index (χ4n) is 2.53. The molecule has 0 aromatic carbocycles. The first kappa shape index (κ1) is 16.5. The lowest BCUT2D eigenvalue weighted by Gasteiger charge is -2.40. The molecular weight excluding hydrogens is 258 g/mol. The molecule has 0 heterocycles. The zero-order chi connectivity index (χ0) is 15.2. The highest BCUT2D eigenvalue weighted by atomic mass is 16.5. The van der Waals surface area contributed by atoms with Gasteiger partial charge in [0.1, 0.15) is 0 Å². The molecule has 1 aliphatic rings. The summed E-state index contributed by atoms with van der Waals surface area (Å²) in [6.07, 6.45) is 2.73. The number of hydrogen-bond acceptors (Lipinski definition) is 4. The summed E-state index contributed by atoms with van der Waals surface area (Å²) in [5.41, 5.74) is -0.412. The Morgan fingerprint density at radius 2 is 1.75 bits per heavy atom. The Balaban J connectivity index is 2.86. The molecule has 0 bridgehead atoms. The van der Waals surface area contributed by atoms with E-state index in [1.165, 1.54) is 0 Å². The summed E-state index contributed by atoms with van der Waals surface area (Å²) < 4.78 is 9.96. The fraction of sp³-hybridized carbons (Fsp3) is 0.733. The highest BCUT2D eigenvalue weighted by Crippen LogP contribution is 2.37. The molecular formula is C15H25NO4. The van der Waals surface area contributed by atoms with E-state index in [0.29, 0.717) is 37.5 Å². The SMILES string of the molecule is C=C(C(=O)OCC)C1(NC(=O)OCC)CCC(C)CC1. The maximum absolute atomic E-state index is 12.0. The summed E-state index contributed by atoms with van der Waals surface area (Å²) in [6, 6.07) is 0. The van der Waals surface area contributed by atoms with Gasteiger partial charge in [0, 0.05) is 0 Å². The van der Waals surface area contributed by atoms with Crippen molar-refractivity contribution in [2.75, 3.05) is 13.2 Å². The number of esters is 1. The van der Waals surface area contributed by atoms with Crippen LogP contribution in [-0.4, -0.2) is 30.8 Å². The van der Waals surface area contributed by atoms with Crippen LogP contribution in [0.15, 0.2) is 12.2 Å². The number of amides is 1. The average molecular weight is 283 g/mol. The highest BCUT2D eigenvalue weighted by molar-refractivity contribution is 5.91. The number of nitrogens with one attached hydrogen (secondary N) is 1. The molecule has 0 aromatic rings. The van der Waals surface area contributed by atoms with Crippen molar-refractivity contribution in [1.82, 2.24) is 5.32 Å². The average Bonchev–Trinajstić information content (AvgIpc) is 2.41. The van der Waals surface area contributed by atoms with Gasteiger partial charge in [-0.15, -0.1) is 0 Å². The lowest BCUT2D eigenvalue weighted by molar-refractivity contribution is -0.139. The Morgan fingerprint density at radius 3 is 2.25 bits per heavy atom. The molecule has 1 amide bonds. The van der Waals surface area contributed by atoms with E-state index in [1.54, 1.807) is 13.8 Å². The molecule has 1 N–H and O–H groups in total. The second-order valence-electron chi connectivity index (χ2n) is 5.31. The summed E-state index contributed by atoms with van der Waals surface area (Å²) in [5, 5.41) is 2.83. The lowest BCUT2D eigenvalue weighted by atomic mass is 9.73. The van der Waals surface area contributed by atoms with Crippen LogP contribution in [0.25, 0.3) is 0 Å². The van der Waals surface area contributed by atoms with Crippen LogP contribution >= 0.6 is 0 Å². The van der Waals surface area contributed by atoms with E-state index in [9.17, 15) is 9.59 Å². The van der Waals surface area contributed by atoms with Crippen molar-refractivity contribution in [2.24, 2.45) is 5.92 Å². The van der Waals surface area contributed by atoms with Gasteiger partial charge in [0.05, 0.1) is 24.3 Å². The number of carbonyl (C=O) groups excluding carboxylic acids is 2. The first-order chi connectivity index (χ1) is 9.45. The first-order valence-corrected chi connectivity index (χ1v) is 7.26. The molecule has 0 radical (unpaired) electrons. The smallest absolute Gasteiger partial charge is 0.407 e. The van der Waals surface area contributed by atoms with Gasteiger partial charge in [0.15, 0.2) is 0 Å². The van der Waals surface area contributed by atoms with Gasteiger partial charge in [-0.25, -0.2) is 9.59 Å². The van der Waals surface area contributed by atoms with E-state index in [-0.39, 0.29) is 0 Å². The molecule has 0 spiro atoms. The van der Waals surface area contributed by atoms with Gasteiger partial charge >= 0.3 is 12.1 Å². The standard InChI is InChI=1S/C15H25NO4/c1-5-19-13(17)12(4)15(16-14(18)20-6-2)9-7-11(3)8-10-15/h11H,4-10H2,1-3H3,(H,16,18). The third-order valence-electron chi connectivity index (χ3n) is 3.84. The lowest BCUT2D eigenvalue weighted by Crippen LogP contribution is -2.53. The van der Waals surface area contributed by atoms with Crippen LogP contribution in [0.3, 0.4) is 0 Å². The molecule has 0 saturated heterocycles.